The van der Waals surface area contributed by atoms with E-state index in [1.54, 1.807) is 18.2 Å². The Bertz CT molecular complexity index is 603. The second-order valence-corrected chi connectivity index (χ2v) is 4.50. The summed E-state index contributed by atoms with van der Waals surface area (Å²) < 4.78 is 43.3. The Morgan fingerprint density at radius 1 is 1.00 bits per heavy atom. The summed E-state index contributed by atoms with van der Waals surface area (Å²) in [6, 6.07) is 9.19. The fraction of sp³-hybridized carbons (Fsp3) is 0.286. The summed E-state index contributed by atoms with van der Waals surface area (Å²) in [6.07, 6.45) is -4.72. The number of fused-ring (bicyclic) bond motifs is 1. The number of benzene rings is 2. The number of rotatable bonds is 2. The van der Waals surface area contributed by atoms with Crippen molar-refractivity contribution in [2.75, 3.05) is 7.11 Å². The molecule has 2 aromatic carbocycles. The van der Waals surface area contributed by atoms with Crippen LogP contribution in [0.25, 0.3) is 10.8 Å². The SMILES string of the molecule is COc1ccc2cc([C@@](C)(O)C(F)(F)F)ccc2c1. The first kappa shape index (κ1) is 13.7. The van der Waals surface area contributed by atoms with Crippen molar-refractivity contribution in [2.24, 2.45) is 0 Å². The summed E-state index contributed by atoms with van der Waals surface area (Å²) in [4.78, 5) is 0. The van der Waals surface area contributed by atoms with Crippen LogP contribution in [-0.4, -0.2) is 18.4 Å². The molecule has 0 saturated heterocycles. The summed E-state index contributed by atoms with van der Waals surface area (Å²) in [6.45, 7) is 0.748. The van der Waals surface area contributed by atoms with Crippen LogP contribution in [-0.2, 0) is 5.60 Å². The Balaban J connectivity index is 2.54. The predicted octanol–water partition coefficient (Wildman–Crippen LogP) is 3.62. The fourth-order valence-corrected chi connectivity index (χ4v) is 1.82. The van der Waals surface area contributed by atoms with Gasteiger partial charge in [0.05, 0.1) is 7.11 Å². The summed E-state index contributed by atoms with van der Waals surface area (Å²) in [5.74, 6) is 0.628. The lowest BCUT2D eigenvalue weighted by Crippen LogP contribution is -2.39. The maximum Gasteiger partial charge on any atom is 0.421 e. The number of hydrogen-bond acceptors (Lipinski definition) is 2. The molecule has 2 nitrogen and oxygen atoms in total. The third-order valence-electron chi connectivity index (χ3n) is 3.16. The van der Waals surface area contributed by atoms with Crippen LogP contribution in [0.15, 0.2) is 36.4 Å². The van der Waals surface area contributed by atoms with E-state index in [1.807, 2.05) is 0 Å². The smallest absolute Gasteiger partial charge is 0.421 e. The van der Waals surface area contributed by atoms with Crippen LogP contribution in [0, 0.1) is 0 Å². The van der Waals surface area contributed by atoms with Crippen molar-refractivity contribution >= 4 is 10.8 Å². The maximum absolute atomic E-state index is 12.8. The largest absolute Gasteiger partial charge is 0.497 e. The lowest BCUT2D eigenvalue weighted by Gasteiger charge is -2.26. The van der Waals surface area contributed by atoms with Crippen LogP contribution in [0.4, 0.5) is 13.2 Å². The highest BCUT2D eigenvalue weighted by molar-refractivity contribution is 5.84. The van der Waals surface area contributed by atoms with Gasteiger partial charge < -0.3 is 9.84 Å². The zero-order chi connectivity index (χ0) is 14.3. The first-order valence-electron chi connectivity index (χ1n) is 5.63. The molecule has 1 N–H and O–H groups in total. The van der Waals surface area contributed by atoms with Gasteiger partial charge in [0.25, 0.3) is 0 Å². The van der Waals surface area contributed by atoms with Crippen LogP contribution in [0.3, 0.4) is 0 Å². The number of halogens is 3. The third-order valence-corrected chi connectivity index (χ3v) is 3.16. The Labute approximate surface area is 108 Å². The molecule has 0 unspecified atom stereocenters. The van der Waals surface area contributed by atoms with Gasteiger partial charge in [-0.3, -0.25) is 0 Å². The first-order valence-corrected chi connectivity index (χ1v) is 5.63. The Morgan fingerprint density at radius 2 is 1.58 bits per heavy atom. The van der Waals surface area contributed by atoms with Gasteiger partial charge in [-0.15, -0.1) is 0 Å². The molecule has 0 amide bonds. The molecule has 0 aromatic heterocycles. The average Bonchev–Trinajstić information content (AvgIpc) is 2.36. The summed E-state index contributed by atoms with van der Waals surface area (Å²) in [7, 11) is 1.52. The summed E-state index contributed by atoms with van der Waals surface area (Å²) in [5.41, 5.74) is -3.04. The van der Waals surface area contributed by atoms with Crippen molar-refractivity contribution in [3.05, 3.63) is 42.0 Å². The normalized spacial score (nSPS) is 15.3. The molecule has 0 fully saturated rings. The molecule has 1 atom stereocenters. The minimum absolute atomic E-state index is 0.183. The number of aliphatic hydroxyl groups is 1. The van der Waals surface area contributed by atoms with Crippen molar-refractivity contribution in [3.8, 4) is 5.75 Å². The number of methoxy groups -OCH3 is 1. The molecule has 19 heavy (non-hydrogen) atoms. The topological polar surface area (TPSA) is 29.5 Å². The second-order valence-electron chi connectivity index (χ2n) is 4.50. The van der Waals surface area contributed by atoms with Crippen molar-refractivity contribution in [1.82, 2.24) is 0 Å². The van der Waals surface area contributed by atoms with Gasteiger partial charge in [-0.25, -0.2) is 0 Å². The predicted molar refractivity (Wildman–Crippen MR) is 66.1 cm³/mol. The van der Waals surface area contributed by atoms with Gasteiger partial charge in [0.15, 0.2) is 5.60 Å². The minimum atomic E-state index is -4.72. The van der Waals surface area contributed by atoms with Gasteiger partial charge in [0.2, 0.25) is 0 Å². The van der Waals surface area contributed by atoms with Crippen LogP contribution >= 0.6 is 0 Å². The molecular formula is C14H13F3O2. The van der Waals surface area contributed by atoms with E-state index in [9.17, 15) is 18.3 Å². The number of ether oxygens (including phenoxy) is 1. The van der Waals surface area contributed by atoms with E-state index in [-0.39, 0.29) is 5.56 Å². The van der Waals surface area contributed by atoms with Crippen LogP contribution in [0.5, 0.6) is 5.75 Å². The zero-order valence-corrected chi connectivity index (χ0v) is 10.5. The van der Waals surface area contributed by atoms with Gasteiger partial charge in [0, 0.05) is 0 Å². The van der Waals surface area contributed by atoms with Crippen molar-refractivity contribution in [1.29, 1.82) is 0 Å². The molecule has 0 spiro atoms. The standard InChI is InChI=1S/C14H13F3O2/c1-13(18,14(15,16)17)11-5-3-10-8-12(19-2)6-4-9(10)7-11/h3-8,18H,1-2H3/t13-/m1/s1. The molecular weight excluding hydrogens is 257 g/mol. The highest BCUT2D eigenvalue weighted by atomic mass is 19.4. The Morgan fingerprint density at radius 3 is 2.16 bits per heavy atom. The third kappa shape index (κ3) is 2.38. The lowest BCUT2D eigenvalue weighted by atomic mass is 9.93. The van der Waals surface area contributed by atoms with Gasteiger partial charge in [0.1, 0.15) is 5.75 Å². The molecule has 102 valence electrons. The maximum atomic E-state index is 12.8. The molecule has 0 aliphatic heterocycles. The minimum Gasteiger partial charge on any atom is -0.497 e. The monoisotopic (exact) mass is 270 g/mol. The van der Waals surface area contributed by atoms with E-state index < -0.39 is 11.8 Å². The van der Waals surface area contributed by atoms with E-state index in [2.05, 4.69) is 0 Å². The molecule has 0 aliphatic rings. The van der Waals surface area contributed by atoms with Gasteiger partial charge >= 0.3 is 6.18 Å². The lowest BCUT2D eigenvalue weighted by molar-refractivity contribution is -0.258. The van der Waals surface area contributed by atoms with E-state index >= 15 is 0 Å². The Kier molecular flexibility index (Phi) is 3.18. The summed E-state index contributed by atoms with van der Waals surface area (Å²) in [5, 5.41) is 11.0. The molecule has 0 saturated carbocycles. The van der Waals surface area contributed by atoms with Crippen molar-refractivity contribution in [2.45, 2.75) is 18.7 Å². The number of alkyl halides is 3. The van der Waals surface area contributed by atoms with Crippen LogP contribution in [0.1, 0.15) is 12.5 Å². The molecule has 2 rings (SSSR count). The van der Waals surface area contributed by atoms with E-state index in [1.165, 1.54) is 25.3 Å². The van der Waals surface area contributed by atoms with Crippen molar-refractivity contribution < 1.29 is 23.0 Å². The Hall–Kier alpha value is -1.75. The molecule has 0 radical (unpaired) electrons. The van der Waals surface area contributed by atoms with Gasteiger partial charge in [-0.05, 0) is 41.5 Å². The highest BCUT2D eigenvalue weighted by Gasteiger charge is 2.51. The highest BCUT2D eigenvalue weighted by Crippen LogP contribution is 2.39. The van der Waals surface area contributed by atoms with E-state index in [0.717, 1.165) is 12.3 Å². The summed E-state index contributed by atoms with van der Waals surface area (Å²) >= 11 is 0. The average molecular weight is 270 g/mol. The van der Waals surface area contributed by atoms with Gasteiger partial charge in [-0.1, -0.05) is 18.2 Å². The molecule has 0 bridgehead atoms. The zero-order valence-electron chi connectivity index (χ0n) is 10.5. The van der Waals surface area contributed by atoms with E-state index in [0.29, 0.717) is 11.1 Å². The molecule has 0 aliphatic carbocycles. The quantitative estimate of drug-likeness (QED) is 0.903. The first-order chi connectivity index (χ1) is 8.75. The van der Waals surface area contributed by atoms with E-state index in [4.69, 9.17) is 4.74 Å². The second kappa shape index (κ2) is 4.42. The van der Waals surface area contributed by atoms with Crippen LogP contribution < -0.4 is 4.74 Å². The molecule has 5 heteroatoms. The molecule has 0 heterocycles. The fourth-order valence-electron chi connectivity index (χ4n) is 1.82. The number of hydrogen-bond donors (Lipinski definition) is 1. The van der Waals surface area contributed by atoms with Crippen molar-refractivity contribution in [3.63, 3.8) is 0 Å². The van der Waals surface area contributed by atoms with Crippen LogP contribution in [0.2, 0.25) is 0 Å². The molecule has 2 aromatic rings. The van der Waals surface area contributed by atoms with Gasteiger partial charge in [-0.2, -0.15) is 13.2 Å².